The number of ether oxygens (including phenoxy) is 1. The van der Waals surface area contributed by atoms with Crippen molar-refractivity contribution in [3.8, 4) is 11.5 Å². The second-order valence-electron chi connectivity index (χ2n) is 9.59. The summed E-state index contributed by atoms with van der Waals surface area (Å²) < 4.78 is 6.91. The van der Waals surface area contributed by atoms with Crippen molar-refractivity contribution in [3.63, 3.8) is 0 Å². The Balaban J connectivity index is 1.60. The zero-order chi connectivity index (χ0) is 17.9. The highest BCUT2D eigenvalue weighted by atomic mass is 16.5. The van der Waals surface area contributed by atoms with Crippen molar-refractivity contribution in [2.24, 2.45) is 5.92 Å². The molecule has 0 aromatic heterocycles. The van der Waals surface area contributed by atoms with Crippen LogP contribution in [-0.2, 0) is 16.6 Å². The number of benzene rings is 1. The van der Waals surface area contributed by atoms with Crippen LogP contribution in [0.5, 0.6) is 11.5 Å². The number of ketones is 1. The van der Waals surface area contributed by atoms with E-state index in [1.165, 1.54) is 12.8 Å². The summed E-state index contributed by atoms with van der Waals surface area (Å²) >= 11 is 0. The van der Waals surface area contributed by atoms with Crippen LogP contribution in [0.4, 0.5) is 0 Å². The minimum atomic E-state index is -0.959. The van der Waals surface area contributed by atoms with Gasteiger partial charge in [0.1, 0.15) is 17.4 Å². The van der Waals surface area contributed by atoms with Gasteiger partial charge in [0.15, 0.2) is 11.9 Å². The Bertz CT molecular complexity index is 849. The minimum Gasteiger partial charge on any atom is -0.870 e. The summed E-state index contributed by atoms with van der Waals surface area (Å²) in [6, 6.07) is 3.58. The average Bonchev–Trinajstić information content (AvgIpc) is 3.32. The molecule has 5 aliphatic rings. The van der Waals surface area contributed by atoms with Gasteiger partial charge in [0.05, 0.1) is 25.6 Å². The van der Waals surface area contributed by atoms with Gasteiger partial charge in [-0.25, -0.2) is 0 Å². The molecule has 1 aromatic carbocycles. The number of nitrogens with zero attached hydrogens (tertiary/aromatic N) is 1. The molecular weight excluding hydrogens is 330 g/mol. The lowest BCUT2D eigenvalue weighted by Gasteiger charge is -2.64. The maximum Gasteiger partial charge on any atom is 0.174 e. The molecule has 6 rings (SSSR count). The van der Waals surface area contributed by atoms with Crippen molar-refractivity contribution < 1.29 is 24.2 Å². The van der Waals surface area contributed by atoms with Crippen LogP contribution in [0.25, 0.3) is 0 Å². The highest BCUT2D eigenvalue weighted by Crippen LogP contribution is 2.65. The Hall–Kier alpha value is -1.59. The SMILES string of the molecule is C[N+]1(CC2CC2)CCC23c4c5ccc([O-])c4OC2C(=O)CCC3(O)C1C5. The molecule has 2 aliphatic heterocycles. The average molecular weight is 355 g/mol. The van der Waals surface area contributed by atoms with Crippen LogP contribution in [0.3, 0.4) is 0 Å². The maximum atomic E-state index is 12.8. The first-order valence-electron chi connectivity index (χ1n) is 9.98. The van der Waals surface area contributed by atoms with Crippen LogP contribution in [-0.4, -0.2) is 53.3 Å². The number of likely N-dealkylation sites (tertiary alicyclic amines) is 1. The first-order valence-corrected chi connectivity index (χ1v) is 9.98. The standard InChI is InChI=1S/C21H25NO4/c1-22(11-12-2-3-12)9-8-20-17-13-4-5-14(23)18(17)26-19(20)15(24)6-7-21(20,25)16(22)10-13/h4-5,12,16,19,25H,2-3,6-11H2,1H3. The molecule has 5 heteroatoms. The van der Waals surface area contributed by atoms with E-state index < -0.39 is 17.1 Å². The van der Waals surface area contributed by atoms with Crippen LogP contribution in [0.2, 0.25) is 0 Å². The molecule has 2 saturated carbocycles. The van der Waals surface area contributed by atoms with E-state index in [1.807, 2.05) is 6.07 Å². The number of hydrogen-bond acceptors (Lipinski definition) is 4. The minimum absolute atomic E-state index is 0.0511. The van der Waals surface area contributed by atoms with Crippen molar-refractivity contribution in [2.75, 3.05) is 20.1 Å². The monoisotopic (exact) mass is 355 g/mol. The predicted octanol–water partition coefficient (Wildman–Crippen LogP) is 1.04. The highest BCUT2D eigenvalue weighted by molar-refractivity contribution is 5.89. The molecule has 1 N–H and O–H groups in total. The first-order chi connectivity index (χ1) is 12.4. The molecule has 1 saturated heterocycles. The number of carbonyl (C=O) groups excluding carboxylic acids is 1. The molecule has 1 aromatic rings. The molecule has 2 bridgehead atoms. The molecule has 5 unspecified atom stereocenters. The quantitative estimate of drug-likeness (QED) is 0.805. The highest BCUT2D eigenvalue weighted by Gasteiger charge is 2.76. The number of Topliss-reactive ketones (excluding diaryl/α,β-unsaturated/α-hetero) is 1. The smallest absolute Gasteiger partial charge is 0.174 e. The lowest BCUT2D eigenvalue weighted by atomic mass is 9.48. The number of likely N-dealkylation sites (N-methyl/N-ethyl adjacent to an activating group) is 1. The number of hydrogen-bond donors (Lipinski definition) is 1. The van der Waals surface area contributed by atoms with Gasteiger partial charge in [-0.3, -0.25) is 4.79 Å². The molecule has 26 heavy (non-hydrogen) atoms. The van der Waals surface area contributed by atoms with E-state index >= 15 is 0 Å². The molecule has 5 nitrogen and oxygen atoms in total. The second-order valence-corrected chi connectivity index (χ2v) is 9.59. The van der Waals surface area contributed by atoms with Crippen molar-refractivity contribution in [2.45, 2.75) is 61.7 Å². The molecular formula is C21H25NO4. The van der Waals surface area contributed by atoms with E-state index in [4.69, 9.17) is 4.74 Å². The van der Waals surface area contributed by atoms with E-state index in [1.54, 1.807) is 6.07 Å². The Morgan fingerprint density at radius 1 is 1.35 bits per heavy atom. The third kappa shape index (κ3) is 1.55. The van der Waals surface area contributed by atoms with Gasteiger partial charge < -0.3 is 19.4 Å². The second kappa shape index (κ2) is 4.45. The zero-order valence-electron chi connectivity index (χ0n) is 15.2. The molecule has 3 fully saturated rings. The zero-order valence-corrected chi connectivity index (χ0v) is 15.2. The molecule has 2 heterocycles. The van der Waals surface area contributed by atoms with Gasteiger partial charge in [-0.1, -0.05) is 17.9 Å². The number of quaternary nitrogens is 1. The van der Waals surface area contributed by atoms with Gasteiger partial charge in [0.2, 0.25) is 0 Å². The van der Waals surface area contributed by atoms with Crippen LogP contribution in [0.1, 0.15) is 43.2 Å². The summed E-state index contributed by atoms with van der Waals surface area (Å²) in [6.45, 7) is 2.06. The summed E-state index contributed by atoms with van der Waals surface area (Å²) in [7, 11) is 2.29. The fourth-order valence-electron chi connectivity index (χ4n) is 6.93. The van der Waals surface area contributed by atoms with E-state index in [0.29, 0.717) is 18.6 Å². The molecule has 1 spiro atoms. The topological polar surface area (TPSA) is 69.6 Å². The van der Waals surface area contributed by atoms with Crippen molar-refractivity contribution in [1.29, 1.82) is 0 Å². The van der Waals surface area contributed by atoms with Crippen LogP contribution in [0.15, 0.2) is 12.1 Å². The van der Waals surface area contributed by atoms with Crippen molar-refractivity contribution >= 4 is 5.78 Å². The number of carbonyl (C=O) groups is 1. The summed E-state index contributed by atoms with van der Waals surface area (Å²) in [6.07, 6.45) is 4.26. The van der Waals surface area contributed by atoms with Crippen LogP contribution < -0.4 is 9.84 Å². The largest absolute Gasteiger partial charge is 0.870 e. The van der Waals surface area contributed by atoms with Gasteiger partial charge >= 0.3 is 0 Å². The fourth-order valence-corrected chi connectivity index (χ4v) is 6.93. The molecule has 5 atom stereocenters. The molecule has 3 aliphatic carbocycles. The van der Waals surface area contributed by atoms with Crippen LogP contribution in [0, 0.1) is 5.92 Å². The molecule has 0 radical (unpaired) electrons. The molecule has 0 amide bonds. The van der Waals surface area contributed by atoms with Gasteiger partial charge in [-0.2, -0.15) is 0 Å². The van der Waals surface area contributed by atoms with Crippen LogP contribution >= 0.6 is 0 Å². The van der Waals surface area contributed by atoms with E-state index in [0.717, 1.165) is 47.5 Å². The lowest BCUT2D eigenvalue weighted by molar-refractivity contribution is -0.950. The maximum absolute atomic E-state index is 12.8. The number of aliphatic hydroxyl groups is 1. The van der Waals surface area contributed by atoms with Gasteiger partial charge in [-0.05, 0) is 24.8 Å². The van der Waals surface area contributed by atoms with Gasteiger partial charge in [-0.15, -0.1) is 0 Å². The van der Waals surface area contributed by atoms with Crippen molar-refractivity contribution in [3.05, 3.63) is 23.3 Å². The summed E-state index contributed by atoms with van der Waals surface area (Å²) in [5, 5.41) is 24.6. The Morgan fingerprint density at radius 2 is 2.15 bits per heavy atom. The van der Waals surface area contributed by atoms with Crippen molar-refractivity contribution in [1.82, 2.24) is 0 Å². The third-order valence-electron chi connectivity index (χ3n) is 8.26. The number of rotatable bonds is 2. The van der Waals surface area contributed by atoms with E-state index in [-0.39, 0.29) is 17.6 Å². The predicted molar refractivity (Wildman–Crippen MR) is 91.9 cm³/mol. The van der Waals surface area contributed by atoms with Gasteiger partial charge in [0, 0.05) is 30.7 Å². The molecule has 138 valence electrons. The summed E-state index contributed by atoms with van der Waals surface area (Å²) in [5.41, 5.74) is 0.322. The normalized spacial score (nSPS) is 45.2. The fraction of sp³-hybridized carbons (Fsp3) is 0.667. The Labute approximate surface area is 153 Å². The number of piperidine rings is 1. The lowest BCUT2D eigenvalue weighted by Crippen LogP contribution is -2.80. The van der Waals surface area contributed by atoms with E-state index in [9.17, 15) is 15.0 Å². The Morgan fingerprint density at radius 3 is 2.92 bits per heavy atom. The summed E-state index contributed by atoms with van der Waals surface area (Å²) in [5.74, 6) is 1.02. The van der Waals surface area contributed by atoms with E-state index in [2.05, 4.69) is 7.05 Å². The summed E-state index contributed by atoms with van der Waals surface area (Å²) in [4.78, 5) is 12.8. The third-order valence-corrected chi connectivity index (χ3v) is 8.26. The first kappa shape index (κ1) is 15.5. The van der Waals surface area contributed by atoms with Gasteiger partial charge in [0.25, 0.3) is 0 Å². The Kier molecular flexibility index (Phi) is 2.65.